The van der Waals surface area contributed by atoms with Crippen molar-refractivity contribution in [2.24, 2.45) is 0 Å². The van der Waals surface area contributed by atoms with Crippen LogP contribution in [-0.4, -0.2) is 0 Å². The highest BCUT2D eigenvalue weighted by atomic mass is 79.9. The fraction of sp³-hybridized carbons (Fsp3) is 0.0667. The fourth-order valence-electron chi connectivity index (χ4n) is 1.98. The molecule has 2 heterocycles. The average molecular weight is 403 g/mol. The molecule has 2 aromatic heterocycles. The summed E-state index contributed by atoms with van der Waals surface area (Å²) in [6.07, 6.45) is 1.66. The summed E-state index contributed by atoms with van der Waals surface area (Å²) in [6.45, 7) is 0. The first-order valence-electron chi connectivity index (χ1n) is 6.14. The van der Waals surface area contributed by atoms with Crippen molar-refractivity contribution in [3.63, 3.8) is 0 Å². The van der Waals surface area contributed by atoms with Crippen LogP contribution in [-0.2, 0) is 0 Å². The molecule has 0 aliphatic heterocycles. The molecule has 21 heavy (non-hydrogen) atoms. The van der Waals surface area contributed by atoms with E-state index >= 15 is 0 Å². The molecule has 0 aliphatic rings. The van der Waals surface area contributed by atoms with Gasteiger partial charge in [0, 0.05) is 9.35 Å². The minimum absolute atomic E-state index is 0.129. The van der Waals surface area contributed by atoms with Crippen molar-refractivity contribution in [1.29, 1.82) is 0 Å². The SMILES string of the molecule is Clc1ccc(C(Nc2ccc(Br)cc2Cl)c2ccco2)s1. The van der Waals surface area contributed by atoms with E-state index in [0.717, 1.165) is 25.1 Å². The molecule has 3 aromatic rings. The molecule has 6 heteroatoms. The quantitative estimate of drug-likeness (QED) is 0.530. The van der Waals surface area contributed by atoms with Crippen molar-refractivity contribution >= 4 is 56.2 Å². The minimum Gasteiger partial charge on any atom is -0.467 e. The summed E-state index contributed by atoms with van der Waals surface area (Å²) in [5, 5.41) is 4.05. The van der Waals surface area contributed by atoms with E-state index in [-0.39, 0.29) is 6.04 Å². The summed E-state index contributed by atoms with van der Waals surface area (Å²) < 4.78 is 7.22. The number of rotatable bonds is 4. The zero-order valence-corrected chi connectivity index (χ0v) is 14.6. The second-order valence-electron chi connectivity index (χ2n) is 4.36. The normalized spacial score (nSPS) is 12.3. The van der Waals surface area contributed by atoms with Gasteiger partial charge in [0.05, 0.1) is 21.3 Å². The first-order chi connectivity index (χ1) is 10.1. The summed E-state index contributed by atoms with van der Waals surface area (Å²) in [4.78, 5) is 1.06. The number of benzene rings is 1. The Morgan fingerprint density at radius 3 is 2.62 bits per heavy atom. The number of hydrogen-bond acceptors (Lipinski definition) is 3. The second kappa shape index (κ2) is 6.44. The van der Waals surface area contributed by atoms with E-state index in [1.54, 1.807) is 6.26 Å². The average Bonchev–Trinajstić information content (AvgIpc) is 3.09. The fourth-order valence-corrected chi connectivity index (χ4v) is 3.83. The Labute approximate surface area is 144 Å². The van der Waals surface area contributed by atoms with Gasteiger partial charge in [-0.25, -0.2) is 0 Å². The molecule has 0 radical (unpaired) electrons. The molecule has 0 fully saturated rings. The van der Waals surface area contributed by atoms with E-state index in [9.17, 15) is 0 Å². The summed E-state index contributed by atoms with van der Waals surface area (Å²) in [5.74, 6) is 0.813. The van der Waals surface area contributed by atoms with Crippen LogP contribution in [0.3, 0.4) is 0 Å². The van der Waals surface area contributed by atoms with Gasteiger partial charge in [-0.1, -0.05) is 39.1 Å². The lowest BCUT2D eigenvalue weighted by Crippen LogP contribution is -2.10. The van der Waals surface area contributed by atoms with Gasteiger partial charge in [0.25, 0.3) is 0 Å². The first kappa shape index (κ1) is 15.0. The highest BCUT2D eigenvalue weighted by Gasteiger charge is 2.19. The number of thiophene rings is 1. The summed E-state index contributed by atoms with van der Waals surface area (Å²) in [5.41, 5.74) is 0.839. The Hall–Kier alpha value is -0.940. The van der Waals surface area contributed by atoms with Gasteiger partial charge in [0.2, 0.25) is 0 Å². The second-order valence-corrected chi connectivity index (χ2v) is 7.43. The maximum Gasteiger partial charge on any atom is 0.131 e. The van der Waals surface area contributed by atoms with E-state index in [1.807, 2.05) is 42.5 Å². The molecule has 0 saturated carbocycles. The van der Waals surface area contributed by atoms with E-state index in [2.05, 4.69) is 21.2 Å². The zero-order chi connectivity index (χ0) is 14.8. The van der Waals surface area contributed by atoms with E-state index in [4.69, 9.17) is 27.6 Å². The predicted octanol–water partition coefficient (Wildman–Crippen LogP) is 6.61. The van der Waals surface area contributed by atoms with Crippen LogP contribution >= 0.6 is 50.5 Å². The summed E-state index contributed by atoms with van der Waals surface area (Å²) in [6, 6.07) is 13.2. The third kappa shape index (κ3) is 3.46. The van der Waals surface area contributed by atoms with Gasteiger partial charge >= 0.3 is 0 Å². The van der Waals surface area contributed by atoms with Gasteiger partial charge in [0.1, 0.15) is 11.8 Å². The largest absolute Gasteiger partial charge is 0.467 e. The van der Waals surface area contributed by atoms with Crippen LogP contribution in [0, 0.1) is 0 Å². The zero-order valence-electron chi connectivity index (χ0n) is 10.6. The Morgan fingerprint density at radius 1 is 1.14 bits per heavy atom. The van der Waals surface area contributed by atoms with E-state index in [1.165, 1.54) is 11.3 Å². The molecule has 108 valence electrons. The lowest BCUT2D eigenvalue weighted by Gasteiger charge is -2.17. The molecular formula is C15H10BrCl2NOS. The van der Waals surface area contributed by atoms with Crippen molar-refractivity contribution in [2.75, 3.05) is 5.32 Å². The standard InChI is InChI=1S/C15H10BrCl2NOS/c16-9-3-4-11(10(17)8-9)19-15(12-2-1-7-20-12)13-5-6-14(18)21-13/h1-8,15,19H. The number of furan rings is 1. The molecule has 2 nitrogen and oxygen atoms in total. The minimum atomic E-state index is -0.129. The highest BCUT2D eigenvalue weighted by molar-refractivity contribution is 9.10. The molecule has 0 saturated heterocycles. The predicted molar refractivity (Wildman–Crippen MR) is 92.7 cm³/mol. The smallest absolute Gasteiger partial charge is 0.131 e. The van der Waals surface area contributed by atoms with Crippen LogP contribution in [0.5, 0.6) is 0 Å². The number of hydrogen-bond donors (Lipinski definition) is 1. The van der Waals surface area contributed by atoms with Crippen LogP contribution in [0.15, 0.2) is 57.6 Å². The van der Waals surface area contributed by atoms with Crippen LogP contribution in [0.1, 0.15) is 16.7 Å². The van der Waals surface area contributed by atoms with Crippen molar-refractivity contribution in [3.05, 3.63) is 73.2 Å². The van der Waals surface area contributed by atoms with Crippen molar-refractivity contribution in [2.45, 2.75) is 6.04 Å². The van der Waals surface area contributed by atoms with Gasteiger partial charge in [-0.3, -0.25) is 0 Å². The third-order valence-electron chi connectivity index (χ3n) is 2.94. The molecule has 0 bridgehead atoms. The molecule has 1 aromatic carbocycles. The molecule has 3 rings (SSSR count). The molecule has 1 N–H and O–H groups in total. The van der Waals surface area contributed by atoms with Crippen molar-refractivity contribution in [3.8, 4) is 0 Å². The first-order valence-corrected chi connectivity index (χ1v) is 8.50. The number of anilines is 1. The molecule has 0 spiro atoms. The van der Waals surface area contributed by atoms with Crippen LogP contribution < -0.4 is 5.32 Å². The van der Waals surface area contributed by atoms with Crippen LogP contribution in [0.2, 0.25) is 9.36 Å². The Balaban J connectivity index is 1.96. The van der Waals surface area contributed by atoms with Gasteiger partial charge in [-0.2, -0.15) is 0 Å². The maximum absolute atomic E-state index is 6.28. The van der Waals surface area contributed by atoms with Crippen LogP contribution in [0.25, 0.3) is 0 Å². The summed E-state index contributed by atoms with van der Waals surface area (Å²) >= 11 is 17.2. The monoisotopic (exact) mass is 401 g/mol. The third-order valence-corrected chi connectivity index (χ3v) is 5.04. The molecule has 0 aliphatic carbocycles. The highest BCUT2D eigenvalue weighted by Crippen LogP contribution is 2.36. The Bertz CT molecular complexity index is 742. The molecule has 1 atom stereocenters. The van der Waals surface area contributed by atoms with Crippen LogP contribution in [0.4, 0.5) is 5.69 Å². The van der Waals surface area contributed by atoms with Crippen molar-refractivity contribution in [1.82, 2.24) is 0 Å². The van der Waals surface area contributed by atoms with Gasteiger partial charge in [0.15, 0.2) is 0 Å². The van der Waals surface area contributed by atoms with E-state index in [0.29, 0.717) is 5.02 Å². The molecule has 0 amide bonds. The number of halogens is 3. The lowest BCUT2D eigenvalue weighted by molar-refractivity contribution is 0.501. The van der Waals surface area contributed by atoms with Gasteiger partial charge < -0.3 is 9.73 Å². The summed E-state index contributed by atoms with van der Waals surface area (Å²) in [7, 11) is 0. The lowest BCUT2D eigenvalue weighted by atomic mass is 10.1. The Morgan fingerprint density at radius 2 is 2.00 bits per heavy atom. The Kier molecular flexibility index (Phi) is 4.60. The molecule has 1 unspecified atom stereocenters. The van der Waals surface area contributed by atoms with E-state index < -0.39 is 0 Å². The molecular weight excluding hydrogens is 393 g/mol. The van der Waals surface area contributed by atoms with Gasteiger partial charge in [-0.15, -0.1) is 11.3 Å². The van der Waals surface area contributed by atoms with Crippen molar-refractivity contribution < 1.29 is 4.42 Å². The number of nitrogens with one attached hydrogen (secondary N) is 1. The topological polar surface area (TPSA) is 25.2 Å². The van der Waals surface area contributed by atoms with Gasteiger partial charge in [-0.05, 0) is 42.5 Å². The maximum atomic E-state index is 6.28.